The van der Waals surface area contributed by atoms with E-state index >= 15 is 0 Å². The lowest BCUT2D eigenvalue weighted by Crippen LogP contribution is -2.08. The van der Waals surface area contributed by atoms with Crippen molar-refractivity contribution in [2.45, 2.75) is 24.3 Å². The molecule has 2 nitrogen and oxygen atoms in total. The van der Waals surface area contributed by atoms with E-state index in [1.165, 1.54) is 19.2 Å². The number of carbonyl (C=O) groups excluding carboxylic acids is 1. The molecule has 0 radical (unpaired) electrons. The summed E-state index contributed by atoms with van der Waals surface area (Å²) in [6, 6.07) is 4.63. The molecule has 1 rings (SSSR count). The Morgan fingerprint density at radius 2 is 2.29 bits per heavy atom. The highest BCUT2D eigenvalue weighted by molar-refractivity contribution is 9.10. The molecule has 0 spiro atoms. The van der Waals surface area contributed by atoms with Crippen LogP contribution in [-0.4, -0.2) is 18.3 Å². The first-order valence-electron chi connectivity index (χ1n) is 5.15. The molecule has 0 aliphatic carbocycles. The van der Waals surface area contributed by atoms with Gasteiger partial charge in [0.1, 0.15) is 5.82 Å². The molecule has 0 heterocycles. The van der Waals surface area contributed by atoms with Crippen molar-refractivity contribution in [3.05, 3.63) is 34.1 Å². The Balaban J connectivity index is 2.47. The predicted molar refractivity (Wildman–Crippen MR) is 71.5 cm³/mol. The van der Waals surface area contributed by atoms with E-state index in [9.17, 15) is 9.18 Å². The summed E-state index contributed by atoms with van der Waals surface area (Å²) in [5, 5.41) is 0.180. The second-order valence-electron chi connectivity index (χ2n) is 3.64. The smallest absolute Gasteiger partial charge is 0.306 e. The number of esters is 1. The third-order valence-corrected chi connectivity index (χ3v) is 4.17. The molecule has 1 atom stereocenters. The fourth-order valence-corrected chi connectivity index (χ4v) is 2.89. The Labute approximate surface area is 113 Å². The summed E-state index contributed by atoms with van der Waals surface area (Å²) < 4.78 is 18.2. The summed E-state index contributed by atoms with van der Waals surface area (Å²) >= 11 is 4.96. The van der Waals surface area contributed by atoms with Gasteiger partial charge in [0.05, 0.1) is 13.5 Å². The number of carbonyl (C=O) groups is 1. The standard InChI is InChI=1S/C12H14BrFO2S/c1-8(5-12(15)16-2)17-7-9-3-4-10(14)6-11(9)13/h3-4,6,8H,5,7H2,1-2H3. The van der Waals surface area contributed by atoms with E-state index in [4.69, 9.17) is 0 Å². The molecule has 0 saturated carbocycles. The molecule has 94 valence electrons. The fourth-order valence-electron chi connectivity index (χ4n) is 1.25. The quantitative estimate of drug-likeness (QED) is 0.772. The third kappa shape index (κ3) is 5.08. The van der Waals surface area contributed by atoms with E-state index in [0.29, 0.717) is 6.42 Å². The summed E-state index contributed by atoms with van der Waals surface area (Å²) in [6.07, 6.45) is 0.389. The number of methoxy groups -OCH3 is 1. The van der Waals surface area contributed by atoms with Crippen molar-refractivity contribution in [3.63, 3.8) is 0 Å². The largest absolute Gasteiger partial charge is 0.469 e. The van der Waals surface area contributed by atoms with Gasteiger partial charge in [0.15, 0.2) is 0 Å². The number of halogens is 2. The van der Waals surface area contributed by atoms with Crippen LogP contribution in [0.2, 0.25) is 0 Å². The van der Waals surface area contributed by atoms with Crippen LogP contribution in [0.5, 0.6) is 0 Å². The molecule has 0 amide bonds. The van der Waals surface area contributed by atoms with Gasteiger partial charge in [0.25, 0.3) is 0 Å². The van der Waals surface area contributed by atoms with Crippen molar-refractivity contribution in [1.82, 2.24) is 0 Å². The molecule has 17 heavy (non-hydrogen) atoms. The van der Waals surface area contributed by atoms with Crippen LogP contribution >= 0.6 is 27.7 Å². The second kappa shape index (κ2) is 7.01. The van der Waals surface area contributed by atoms with Crippen molar-refractivity contribution >= 4 is 33.7 Å². The zero-order valence-corrected chi connectivity index (χ0v) is 12.1. The first-order chi connectivity index (χ1) is 8.02. The van der Waals surface area contributed by atoms with Gasteiger partial charge in [-0.1, -0.05) is 28.9 Å². The van der Waals surface area contributed by atoms with Gasteiger partial charge >= 0.3 is 5.97 Å². The summed E-state index contributed by atoms with van der Waals surface area (Å²) in [5.41, 5.74) is 1.02. The minimum Gasteiger partial charge on any atom is -0.469 e. The van der Waals surface area contributed by atoms with E-state index in [1.54, 1.807) is 17.8 Å². The number of hydrogen-bond acceptors (Lipinski definition) is 3. The van der Waals surface area contributed by atoms with Gasteiger partial charge in [-0.3, -0.25) is 4.79 Å². The number of ether oxygens (including phenoxy) is 1. The maximum Gasteiger partial charge on any atom is 0.306 e. The second-order valence-corrected chi connectivity index (χ2v) is 5.92. The highest BCUT2D eigenvalue weighted by atomic mass is 79.9. The average molecular weight is 321 g/mol. The Kier molecular flexibility index (Phi) is 5.98. The van der Waals surface area contributed by atoms with Gasteiger partial charge in [0.2, 0.25) is 0 Å². The fraction of sp³-hybridized carbons (Fsp3) is 0.417. The maximum atomic E-state index is 12.9. The SMILES string of the molecule is COC(=O)CC(C)SCc1ccc(F)cc1Br. The van der Waals surface area contributed by atoms with Crippen LogP contribution in [0.4, 0.5) is 4.39 Å². The van der Waals surface area contributed by atoms with Gasteiger partial charge in [-0.2, -0.15) is 11.8 Å². The van der Waals surface area contributed by atoms with Gasteiger partial charge in [0, 0.05) is 15.5 Å². The summed E-state index contributed by atoms with van der Waals surface area (Å²) in [4.78, 5) is 11.1. The van der Waals surface area contributed by atoms with E-state index in [2.05, 4.69) is 20.7 Å². The minimum absolute atomic E-state index is 0.180. The molecule has 0 saturated heterocycles. The molecule has 1 aromatic carbocycles. The number of hydrogen-bond donors (Lipinski definition) is 0. The third-order valence-electron chi connectivity index (χ3n) is 2.22. The number of benzene rings is 1. The summed E-state index contributed by atoms with van der Waals surface area (Å²) in [7, 11) is 1.39. The Morgan fingerprint density at radius 3 is 2.88 bits per heavy atom. The van der Waals surface area contributed by atoms with Crippen LogP contribution in [0.15, 0.2) is 22.7 Å². The molecule has 1 unspecified atom stereocenters. The van der Waals surface area contributed by atoms with Crippen LogP contribution in [-0.2, 0) is 15.3 Å². The number of thioether (sulfide) groups is 1. The van der Waals surface area contributed by atoms with Crippen LogP contribution in [0.1, 0.15) is 18.9 Å². The molecule has 0 N–H and O–H groups in total. The van der Waals surface area contributed by atoms with Crippen molar-refractivity contribution in [2.75, 3.05) is 7.11 Å². The molecular formula is C12H14BrFO2S. The van der Waals surface area contributed by atoms with Crippen LogP contribution < -0.4 is 0 Å². The molecule has 0 aromatic heterocycles. The van der Waals surface area contributed by atoms with E-state index in [1.807, 2.05) is 6.92 Å². The van der Waals surface area contributed by atoms with E-state index in [0.717, 1.165) is 15.8 Å². The Morgan fingerprint density at radius 1 is 1.59 bits per heavy atom. The topological polar surface area (TPSA) is 26.3 Å². The molecule has 0 bridgehead atoms. The average Bonchev–Trinajstić information content (AvgIpc) is 2.27. The van der Waals surface area contributed by atoms with Gasteiger partial charge in [-0.15, -0.1) is 0 Å². The molecule has 5 heteroatoms. The first kappa shape index (κ1) is 14.5. The predicted octanol–water partition coefficient (Wildman–Crippen LogP) is 3.77. The van der Waals surface area contributed by atoms with Gasteiger partial charge in [-0.25, -0.2) is 4.39 Å². The maximum absolute atomic E-state index is 12.9. The normalized spacial score (nSPS) is 12.2. The highest BCUT2D eigenvalue weighted by Crippen LogP contribution is 2.26. The van der Waals surface area contributed by atoms with Crippen molar-refractivity contribution < 1.29 is 13.9 Å². The van der Waals surface area contributed by atoms with E-state index < -0.39 is 0 Å². The highest BCUT2D eigenvalue weighted by Gasteiger charge is 2.10. The molecule has 0 fully saturated rings. The lowest BCUT2D eigenvalue weighted by Gasteiger charge is -2.10. The van der Waals surface area contributed by atoms with Crippen molar-refractivity contribution in [2.24, 2.45) is 0 Å². The van der Waals surface area contributed by atoms with Crippen LogP contribution in [0.3, 0.4) is 0 Å². The molecule has 1 aromatic rings. The summed E-state index contributed by atoms with van der Waals surface area (Å²) in [5.74, 6) is 0.273. The summed E-state index contributed by atoms with van der Waals surface area (Å²) in [6.45, 7) is 1.97. The Hall–Kier alpha value is -0.550. The molecule has 0 aliphatic heterocycles. The van der Waals surface area contributed by atoms with Crippen molar-refractivity contribution in [1.29, 1.82) is 0 Å². The van der Waals surface area contributed by atoms with Crippen LogP contribution in [0.25, 0.3) is 0 Å². The molecule has 0 aliphatic rings. The lowest BCUT2D eigenvalue weighted by atomic mass is 10.2. The number of rotatable bonds is 5. The van der Waals surface area contributed by atoms with Gasteiger partial charge < -0.3 is 4.74 Å². The zero-order valence-electron chi connectivity index (χ0n) is 9.70. The Bertz CT molecular complexity index is 398. The minimum atomic E-state index is -0.256. The van der Waals surface area contributed by atoms with Crippen LogP contribution in [0, 0.1) is 5.82 Å². The van der Waals surface area contributed by atoms with E-state index in [-0.39, 0.29) is 17.0 Å². The zero-order chi connectivity index (χ0) is 12.8. The van der Waals surface area contributed by atoms with Crippen molar-refractivity contribution in [3.8, 4) is 0 Å². The molecular weight excluding hydrogens is 307 g/mol. The lowest BCUT2D eigenvalue weighted by molar-refractivity contribution is -0.140. The monoisotopic (exact) mass is 320 g/mol. The van der Waals surface area contributed by atoms with Gasteiger partial charge in [-0.05, 0) is 17.7 Å². The first-order valence-corrected chi connectivity index (χ1v) is 6.99.